The molecule has 0 spiro atoms. The van der Waals surface area contributed by atoms with Crippen LogP contribution >= 0.6 is 65.8 Å². The van der Waals surface area contributed by atoms with E-state index in [0.717, 1.165) is 62.6 Å². The molecular formula is C48H110B2Br4F9K4LiNa2O12. The van der Waals surface area contributed by atoms with Crippen molar-refractivity contribution in [3.8, 4) is 0 Å². The molecule has 0 unspecified atom stereocenters. The maximum atomic E-state index is 11.3. The molecule has 2 N–H and O–H groups in total. The minimum absolute atomic E-state index is 0. The van der Waals surface area contributed by atoms with E-state index in [4.69, 9.17) is 39.8 Å². The van der Waals surface area contributed by atoms with E-state index in [1.807, 2.05) is 90.0 Å². The number of carbonyl (C=O) groups is 4. The van der Waals surface area contributed by atoms with Crippen LogP contribution in [0.15, 0.2) is 35.7 Å². The molecule has 0 fully saturated rings. The minimum Gasteiger partial charge on any atom is -1.00 e. The van der Waals surface area contributed by atoms with Gasteiger partial charge in [0.1, 0.15) is 24.2 Å². The van der Waals surface area contributed by atoms with Crippen LogP contribution in [0.2, 0.25) is 0 Å². The number of hydrogen-bond donors (Lipinski definition) is 2. The third kappa shape index (κ3) is 654. The molecule has 0 aromatic rings. The number of unbranched alkanes of at least 4 members (excludes halogenated alkanes) is 1. The smallest absolute Gasteiger partial charge is 1.00 e. The number of aliphatic hydroxyl groups excluding tert-OH is 2. The molecule has 0 aliphatic heterocycles. The predicted molar refractivity (Wildman–Crippen MR) is 320 cm³/mol. The number of alkyl halides is 2. The fourth-order valence-corrected chi connectivity index (χ4v) is 0.333. The molecule has 0 amide bonds. The van der Waals surface area contributed by atoms with Gasteiger partial charge >= 0.3 is 302 Å². The Hall–Kier alpha value is 7.82. The summed E-state index contributed by atoms with van der Waals surface area (Å²) in [5.74, 6) is -0.972. The normalized spacial score (nSPS) is 6.54. The Morgan fingerprint density at radius 2 is 0.720 bits per heavy atom. The summed E-state index contributed by atoms with van der Waals surface area (Å²) in [5, 5.41) is 34.8. The molecule has 0 bridgehead atoms. The summed E-state index contributed by atoms with van der Waals surface area (Å²) in [6.07, 6.45) is -3.51. The Morgan fingerprint density at radius 3 is 0.720 bits per heavy atom. The molecular weight excluding hydrogens is 1490 g/mol. The van der Waals surface area contributed by atoms with E-state index >= 15 is 0 Å². The van der Waals surface area contributed by atoms with E-state index in [0.29, 0.717) is 31.8 Å². The van der Waals surface area contributed by atoms with E-state index < -0.39 is 35.7 Å². The maximum Gasteiger partial charge on any atom is 1.00 e. The van der Waals surface area contributed by atoms with Crippen molar-refractivity contribution >= 4 is 108 Å². The van der Waals surface area contributed by atoms with Crippen molar-refractivity contribution in [2.24, 2.45) is 17.8 Å². The van der Waals surface area contributed by atoms with Gasteiger partial charge in [0.25, 0.3) is 12.9 Å². The quantitative estimate of drug-likeness (QED) is 0.0429. The van der Waals surface area contributed by atoms with Crippen LogP contribution < -0.4 is 294 Å². The average Bonchev–Trinajstić information content (AvgIpc) is 3.35. The van der Waals surface area contributed by atoms with Gasteiger partial charge in [0.05, 0.1) is 0 Å². The SMILES string of the molecule is Br.Br.C/C(F)=C(/C)F.CC.CC.CC.CC.CC(C)CBr.CC(C)CO.CC(F)=C(F)F.CC=O.CCBr.CCC=O.CCO.CCOC.COCC(C)C.FC(F)=C(F)F.O=CO[O-].O=CO[O-].[B].[B].[CH2-]CCC.[H-].[H-].[H-].[H-].[K+].[K+].[K+].[K+].[Li+].[Na+].[Na+]. The molecule has 0 aromatic heterocycles. The Kier molecular flexibility index (Phi) is 596. The zero-order valence-electron chi connectivity index (χ0n) is 61.2. The standard InChI is InChI=1S/C5H12O.C4H9Br.C4H6F2.C4H10O.C4H9.C3H3F3.C3H8O.C3H6O.C2H5Br.C2F4.C2H6O.C2H4O.4C2H6.2CH2O3.2B.2BrH.4K.Li.2Na.4H/c1-5(2)4-6-3;1-4(2)3-5;1-3(5)4(2)6;1-4(2)3-5;1-3-4-2;1-2(4)3(5)6;1-3-4-2;1-2-3-4;1-2-3;3-1(4)2(5)6;2*1-2-3;4*1-2;2*2-1-4-3;;;;;;;;;;;;;;;/h5H,4H2,1-3H3;4H,3H2,1-2H3;1-2H3;4-5H,3H2,1-2H3;1,3-4H2,2H3;1H3;3H2,1-2H3;3H,2H2,1H3;2H2,1H3;;3H,2H2,1H3;2H,1H3;4*1-2H3;2*1,3H;;;2*1H;;;;;;;;;;;/q;;;;-1;;;;;;;;;;;;;;;;;;7*+1;4*-1/p-2/b;;4-3+;;;;;;;;;;;;;;;;;;;;;;;;;;;;;;. The second-order valence-electron chi connectivity index (χ2n) is 10.6. The number of rotatable bonds is 9. The Balaban J connectivity index is -0.0000000111. The molecule has 0 saturated heterocycles. The van der Waals surface area contributed by atoms with Gasteiger partial charge in [-0.25, -0.2) is 13.2 Å². The van der Waals surface area contributed by atoms with Crippen molar-refractivity contribution in [2.45, 2.75) is 179 Å². The topological polar surface area (TPSA) is 192 Å². The number of ether oxygens (including phenoxy) is 2. The number of aldehydes is 2. The van der Waals surface area contributed by atoms with Crippen LogP contribution in [0.4, 0.5) is 39.5 Å². The van der Waals surface area contributed by atoms with Crippen molar-refractivity contribution in [3.63, 3.8) is 0 Å². The molecule has 0 aliphatic rings. The molecule has 6 radical (unpaired) electrons. The summed E-state index contributed by atoms with van der Waals surface area (Å²) < 4.78 is 105. The summed E-state index contributed by atoms with van der Waals surface area (Å²) in [5.41, 5.74) is 0. The van der Waals surface area contributed by atoms with Crippen LogP contribution in [0, 0.1) is 24.7 Å². The van der Waals surface area contributed by atoms with E-state index in [1.54, 1.807) is 21.1 Å². The van der Waals surface area contributed by atoms with Crippen LogP contribution in [0.25, 0.3) is 0 Å². The molecule has 478 valence electrons. The summed E-state index contributed by atoms with van der Waals surface area (Å²) >= 11 is 6.46. The number of aliphatic hydroxyl groups is 2. The van der Waals surface area contributed by atoms with E-state index in [9.17, 15) is 44.3 Å². The molecule has 0 aliphatic carbocycles. The maximum absolute atomic E-state index is 11.3. The monoisotopic (exact) mass is 1600 g/mol. The molecule has 0 atom stereocenters. The van der Waals surface area contributed by atoms with Crippen molar-refractivity contribution in [1.82, 2.24) is 0 Å². The predicted octanol–water partition coefficient (Wildman–Crippen LogP) is -4.47. The number of halogens is 13. The zero-order chi connectivity index (χ0) is 62.2. The number of allylic oxidation sites excluding steroid dienone is 3. The van der Waals surface area contributed by atoms with Crippen LogP contribution in [0.3, 0.4) is 0 Å². The van der Waals surface area contributed by atoms with Crippen molar-refractivity contribution in [3.05, 3.63) is 42.6 Å². The zero-order valence-corrected chi connectivity index (χ0v) is 80.3. The first kappa shape index (κ1) is 192. The summed E-state index contributed by atoms with van der Waals surface area (Å²) in [4.78, 5) is 40.5. The van der Waals surface area contributed by atoms with Gasteiger partial charge in [-0.15, -0.1) is 34.0 Å². The first-order valence-corrected chi connectivity index (χ1v) is 24.7. The van der Waals surface area contributed by atoms with Crippen LogP contribution in [0.1, 0.15) is 184 Å². The number of hydrogen-bond acceptors (Lipinski definition) is 12. The molecule has 0 saturated carbocycles. The summed E-state index contributed by atoms with van der Waals surface area (Å²) in [7, 11) is 3.40. The van der Waals surface area contributed by atoms with Gasteiger partial charge in [-0.3, -0.25) is 9.59 Å². The van der Waals surface area contributed by atoms with Gasteiger partial charge in [0, 0.05) is 74.6 Å². The van der Waals surface area contributed by atoms with E-state index in [-0.39, 0.29) is 360 Å². The van der Waals surface area contributed by atoms with Gasteiger partial charge in [0.15, 0.2) is 5.83 Å². The average molecular weight is 1600 g/mol. The van der Waals surface area contributed by atoms with Gasteiger partial charge in [-0.2, -0.15) is 32.8 Å². The fraction of sp³-hybridized carbons (Fsp3) is 0.771. The minimum atomic E-state index is -2.91. The molecule has 0 aromatic carbocycles. The van der Waals surface area contributed by atoms with Crippen LogP contribution in [-0.4, -0.2) is 104 Å². The van der Waals surface area contributed by atoms with Gasteiger partial charge in [-0.05, 0) is 59.3 Å². The molecule has 12 nitrogen and oxygen atoms in total. The second kappa shape index (κ2) is 255. The van der Waals surface area contributed by atoms with Crippen LogP contribution in [-0.2, 0) is 38.4 Å². The summed E-state index contributed by atoms with van der Waals surface area (Å²) in [6.45, 7) is 48.0. The van der Waals surface area contributed by atoms with Gasteiger partial charge < -0.3 is 62.2 Å². The van der Waals surface area contributed by atoms with Crippen LogP contribution in [0.5, 0.6) is 0 Å². The fourth-order valence-electron chi connectivity index (χ4n) is 0.333. The van der Waals surface area contributed by atoms with E-state index in [1.165, 1.54) is 13.3 Å². The molecule has 0 rings (SSSR count). The van der Waals surface area contributed by atoms with Crippen molar-refractivity contribution in [1.29, 1.82) is 0 Å². The Bertz CT molecular complexity index is 817. The Morgan fingerprint density at radius 1 is 0.573 bits per heavy atom. The summed E-state index contributed by atoms with van der Waals surface area (Å²) in [6, 6.07) is 0. The van der Waals surface area contributed by atoms with Gasteiger partial charge in [0.2, 0.25) is 0 Å². The van der Waals surface area contributed by atoms with Crippen molar-refractivity contribution in [2.75, 3.05) is 51.3 Å². The number of carbonyl (C=O) groups excluding carboxylic acids is 4. The second-order valence-corrected chi connectivity index (χ2v) is 12.3. The Labute approximate surface area is 771 Å². The first-order valence-electron chi connectivity index (χ1n) is 22.5. The van der Waals surface area contributed by atoms with E-state index in [2.05, 4.69) is 87.9 Å². The third-order valence-electron chi connectivity index (χ3n) is 2.94. The number of methoxy groups -OCH3 is 2. The molecule has 34 heteroatoms. The molecule has 82 heavy (non-hydrogen) atoms. The molecule has 0 heterocycles. The third-order valence-corrected chi connectivity index (χ3v) is 4.23. The van der Waals surface area contributed by atoms with Gasteiger partial charge in [-0.1, -0.05) is 156 Å². The largest absolute Gasteiger partial charge is 1.00 e. The first-order chi connectivity index (χ1) is 33.1. The van der Waals surface area contributed by atoms with Crippen molar-refractivity contribution < 1.29 is 388 Å².